The summed E-state index contributed by atoms with van der Waals surface area (Å²) in [6, 6.07) is -0.0880. The Hall–Kier alpha value is -0.730. The van der Waals surface area contributed by atoms with Gasteiger partial charge in [0.05, 0.1) is 0 Å². The van der Waals surface area contributed by atoms with E-state index in [1.807, 2.05) is 13.8 Å². The lowest BCUT2D eigenvalue weighted by atomic mass is 10.7. The zero-order valence-corrected chi connectivity index (χ0v) is 5.32. The van der Waals surface area contributed by atoms with E-state index in [9.17, 15) is 4.79 Å². The Morgan fingerprint density at radius 3 is 1.78 bits per heavy atom. The minimum atomic E-state index is -0.0880. The fourth-order valence-electron chi connectivity index (χ4n) is 0.384. The third-order valence-electron chi connectivity index (χ3n) is 0.675. The molecule has 0 aliphatic carbocycles. The first-order valence-electron chi connectivity index (χ1n) is 2.83. The Kier molecular flexibility index (Phi) is 8.98. The Labute approximate surface area is 56.8 Å². The summed E-state index contributed by atoms with van der Waals surface area (Å²) in [5, 5.41) is 5.19. The van der Waals surface area contributed by atoms with E-state index >= 15 is 0 Å². The molecule has 0 aliphatic rings. The molecule has 0 aromatic rings. The van der Waals surface area contributed by atoms with Crippen molar-refractivity contribution in [2.75, 3.05) is 13.1 Å². The van der Waals surface area contributed by atoms with E-state index < -0.39 is 0 Å². The SMILES string of the molecule is C.CCNC(=O)NCC. The van der Waals surface area contributed by atoms with Crippen LogP contribution in [-0.2, 0) is 0 Å². The summed E-state index contributed by atoms with van der Waals surface area (Å²) in [6.45, 7) is 5.14. The predicted octanol–water partition coefficient (Wildman–Crippen LogP) is 0.962. The van der Waals surface area contributed by atoms with E-state index in [2.05, 4.69) is 10.6 Å². The molecule has 3 heteroatoms. The monoisotopic (exact) mass is 132 g/mol. The minimum Gasteiger partial charge on any atom is -0.338 e. The molecule has 0 spiro atoms. The molecule has 0 aromatic carbocycles. The maximum absolute atomic E-state index is 10.4. The second kappa shape index (κ2) is 7.27. The predicted molar refractivity (Wildman–Crippen MR) is 39.5 cm³/mol. The number of carbonyl (C=O) groups is 1. The zero-order valence-electron chi connectivity index (χ0n) is 5.32. The van der Waals surface area contributed by atoms with Crippen molar-refractivity contribution in [3.05, 3.63) is 0 Å². The van der Waals surface area contributed by atoms with Gasteiger partial charge in [0.2, 0.25) is 0 Å². The van der Waals surface area contributed by atoms with Gasteiger partial charge in [-0.1, -0.05) is 7.43 Å². The van der Waals surface area contributed by atoms with E-state index in [4.69, 9.17) is 0 Å². The van der Waals surface area contributed by atoms with Crippen molar-refractivity contribution < 1.29 is 4.79 Å². The molecular formula is C6H16N2O. The van der Waals surface area contributed by atoms with Crippen molar-refractivity contribution in [2.45, 2.75) is 21.3 Å². The van der Waals surface area contributed by atoms with Crippen molar-refractivity contribution >= 4 is 6.03 Å². The molecule has 0 radical (unpaired) electrons. The molecule has 9 heavy (non-hydrogen) atoms. The van der Waals surface area contributed by atoms with Crippen LogP contribution in [-0.4, -0.2) is 19.1 Å². The second-order valence-electron chi connectivity index (χ2n) is 1.39. The van der Waals surface area contributed by atoms with Crippen LogP contribution in [0.5, 0.6) is 0 Å². The molecule has 2 N–H and O–H groups in total. The number of rotatable bonds is 2. The molecule has 0 fully saturated rings. The van der Waals surface area contributed by atoms with Crippen molar-refractivity contribution in [3.63, 3.8) is 0 Å². The standard InChI is InChI=1S/C5H12N2O.CH4/c1-3-6-5(8)7-4-2;/h3-4H2,1-2H3,(H2,6,7,8);1H4. The van der Waals surface area contributed by atoms with Crippen LogP contribution in [0.2, 0.25) is 0 Å². The van der Waals surface area contributed by atoms with E-state index in [1.165, 1.54) is 0 Å². The third kappa shape index (κ3) is 7.27. The lowest BCUT2D eigenvalue weighted by Crippen LogP contribution is -2.34. The second-order valence-corrected chi connectivity index (χ2v) is 1.39. The van der Waals surface area contributed by atoms with Gasteiger partial charge in [-0.05, 0) is 13.8 Å². The molecule has 56 valence electrons. The molecule has 0 bridgehead atoms. The van der Waals surface area contributed by atoms with Gasteiger partial charge in [0.1, 0.15) is 0 Å². The molecule has 0 unspecified atom stereocenters. The minimum absolute atomic E-state index is 0. The number of carbonyl (C=O) groups excluding carboxylic acids is 1. The number of hydrogen-bond acceptors (Lipinski definition) is 1. The van der Waals surface area contributed by atoms with Gasteiger partial charge in [0.25, 0.3) is 0 Å². The summed E-state index contributed by atoms with van der Waals surface area (Å²) in [5.41, 5.74) is 0. The van der Waals surface area contributed by atoms with Crippen LogP contribution in [0.15, 0.2) is 0 Å². The number of hydrogen-bond donors (Lipinski definition) is 2. The zero-order chi connectivity index (χ0) is 6.41. The fraction of sp³-hybridized carbons (Fsp3) is 0.833. The van der Waals surface area contributed by atoms with Crippen molar-refractivity contribution in [2.24, 2.45) is 0 Å². The van der Waals surface area contributed by atoms with Crippen LogP contribution in [0, 0.1) is 0 Å². The Balaban J connectivity index is 0. The summed E-state index contributed by atoms with van der Waals surface area (Å²) in [6.07, 6.45) is 0. The van der Waals surface area contributed by atoms with Gasteiger partial charge in [-0.3, -0.25) is 0 Å². The van der Waals surface area contributed by atoms with E-state index in [0.717, 1.165) is 0 Å². The van der Waals surface area contributed by atoms with E-state index in [0.29, 0.717) is 13.1 Å². The Morgan fingerprint density at radius 1 is 1.22 bits per heavy atom. The van der Waals surface area contributed by atoms with Gasteiger partial charge >= 0.3 is 6.03 Å². The van der Waals surface area contributed by atoms with Gasteiger partial charge < -0.3 is 10.6 Å². The molecule has 0 aromatic heterocycles. The van der Waals surface area contributed by atoms with Gasteiger partial charge in [0, 0.05) is 13.1 Å². The first-order valence-corrected chi connectivity index (χ1v) is 2.83. The summed E-state index contributed by atoms with van der Waals surface area (Å²) >= 11 is 0. The van der Waals surface area contributed by atoms with E-state index in [1.54, 1.807) is 0 Å². The number of urea groups is 1. The highest BCUT2D eigenvalue weighted by atomic mass is 16.2. The Bertz CT molecular complexity index is 65.5. The highest BCUT2D eigenvalue weighted by Gasteiger charge is 1.89. The van der Waals surface area contributed by atoms with Crippen molar-refractivity contribution in [1.82, 2.24) is 10.6 Å². The summed E-state index contributed by atoms with van der Waals surface area (Å²) in [7, 11) is 0. The Morgan fingerprint density at radius 2 is 1.56 bits per heavy atom. The third-order valence-corrected chi connectivity index (χ3v) is 0.675. The molecule has 2 amide bonds. The average Bonchev–Trinajstić information content (AvgIpc) is 1.68. The lowest BCUT2D eigenvalue weighted by molar-refractivity contribution is 0.242. The number of amides is 2. The summed E-state index contributed by atoms with van der Waals surface area (Å²) < 4.78 is 0. The normalized spacial score (nSPS) is 7.33. The van der Waals surface area contributed by atoms with Crippen LogP contribution >= 0.6 is 0 Å². The molecule has 3 nitrogen and oxygen atoms in total. The van der Waals surface area contributed by atoms with Crippen LogP contribution in [0.25, 0.3) is 0 Å². The molecule has 0 aliphatic heterocycles. The lowest BCUT2D eigenvalue weighted by Gasteiger charge is -1.99. The number of nitrogens with one attached hydrogen (secondary N) is 2. The topological polar surface area (TPSA) is 41.1 Å². The van der Waals surface area contributed by atoms with Gasteiger partial charge in [-0.25, -0.2) is 4.79 Å². The first-order chi connectivity index (χ1) is 3.81. The maximum Gasteiger partial charge on any atom is 0.314 e. The smallest absolute Gasteiger partial charge is 0.314 e. The van der Waals surface area contributed by atoms with E-state index in [-0.39, 0.29) is 13.5 Å². The van der Waals surface area contributed by atoms with Gasteiger partial charge in [0.15, 0.2) is 0 Å². The van der Waals surface area contributed by atoms with Gasteiger partial charge in [-0.2, -0.15) is 0 Å². The van der Waals surface area contributed by atoms with Crippen molar-refractivity contribution in [1.29, 1.82) is 0 Å². The molecule has 0 saturated heterocycles. The van der Waals surface area contributed by atoms with Crippen LogP contribution in [0.1, 0.15) is 21.3 Å². The summed E-state index contributed by atoms with van der Waals surface area (Å²) in [5.74, 6) is 0. The first kappa shape index (κ1) is 11.1. The van der Waals surface area contributed by atoms with Crippen LogP contribution in [0.3, 0.4) is 0 Å². The van der Waals surface area contributed by atoms with Crippen LogP contribution < -0.4 is 10.6 Å². The largest absolute Gasteiger partial charge is 0.338 e. The molecule has 0 heterocycles. The molecule has 0 atom stereocenters. The quantitative estimate of drug-likeness (QED) is 0.577. The molecule has 0 saturated carbocycles. The van der Waals surface area contributed by atoms with Crippen LogP contribution in [0.4, 0.5) is 4.79 Å². The van der Waals surface area contributed by atoms with Gasteiger partial charge in [-0.15, -0.1) is 0 Å². The fourth-order valence-corrected chi connectivity index (χ4v) is 0.384. The average molecular weight is 132 g/mol. The molecular weight excluding hydrogens is 116 g/mol. The molecule has 0 rings (SSSR count). The highest BCUT2D eigenvalue weighted by molar-refractivity contribution is 5.73. The van der Waals surface area contributed by atoms with Crippen molar-refractivity contribution in [3.8, 4) is 0 Å². The maximum atomic E-state index is 10.4. The summed E-state index contributed by atoms with van der Waals surface area (Å²) in [4.78, 5) is 10.4. The highest BCUT2D eigenvalue weighted by Crippen LogP contribution is 1.60.